The standard InChI is InChI=1S/C31H30N2O6S/c1-4-5-9-16-39-23-15-12-20(17-24(23)38-3)27-26(28(34)19-10-7-6-8-11-19)29(35)30(36)33(27)31-32-22-14-13-21(37-2)18-25(22)40-31/h6-8,10-15,17-18,27,34H,4-5,9,16H2,1-3H3. The molecule has 3 aromatic carbocycles. The van der Waals surface area contributed by atoms with Gasteiger partial charge in [0.05, 0.1) is 42.7 Å². The summed E-state index contributed by atoms with van der Waals surface area (Å²) in [5, 5.41) is 11.7. The summed E-state index contributed by atoms with van der Waals surface area (Å²) in [6.07, 6.45) is 3.06. The van der Waals surface area contributed by atoms with Crippen molar-refractivity contribution >= 4 is 44.1 Å². The summed E-state index contributed by atoms with van der Waals surface area (Å²) in [5.74, 6) is -0.130. The van der Waals surface area contributed by atoms with Gasteiger partial charge in [-0.1, -0.05) is 67.5 Å². The van der Waals surface area contributed by atoms with Crippen LogP contribution in [0.5, 0.6) is 17.2 Å². The van der Waals surface area contributed by atoms with Gasteiger partial charge in [-0.05, 0) is 42.3 Å². The lowest BCUT2D eigenvalue weighted by molar-refractivity contribution is -0.132. The van der Waals surface area contributed by atoms with E-state index < -0.39 is 17.7 Å². The number of benzene rings is 3. The van der Waals surface area contributed by atoms with Gasteiger partial charge in [0, 0.05) is 5.56 Å². The highest BCUT2D eigenvalue weighted by Gasteiger charge is 2.48. The summed E-state index contributed by atoms with van der Waals surface area (Å²) < 4.78 is 17.7. The van der Waals surface area contributed by atoms with Gasteiger partial charge in [0.15, 0.2) is 16.6 Å². The average Bonchev–Trinajstić information content (AvgIpc) is 3.52. The molecule has 0 radical (unpaired) electrons. The van der Waals surface area contributed by atoms with Gasteiger partial charge in [-0.15, -0.1) is 0 Å². The van der Waals surface area contributed by atoms with Crippen molar-refractivity contribution in [3.8, 4) is 17.2 Å². The number of methoxy groups -OCH3 is 2. The monoisotopic (exact) mass is 558 g/mol. The van der Waals surface area contributed by atoms with Crippen LogP contribution in [0.4, 0.5) is 5.13 Å². The molecule has 9 heteroatoms. The second-order valence-corrected chi connectivity index (χ2v) is 10.3. The fourth-order valence-corrected chi connectivity index (χ4v) is 5.75. The summed E-state index contributed by atoms with van der Waals surface area (Å²) in [6, 6.07) is 18.5. The maximum Gasteiger partial charge on any atom is 0.301 e. The molecule has 1 aliphatic rings. The Kier molecular flexibility index (Phi) is 8.02. The Bertz CT molecular complexity index is 1580. The third-order valence-electron chi connectivity index (χ3n) is 6.79. The molecule has 206 valence electrons. The summed E-state index contributed by atoms with van der Waals surface area (Å²) in [7, 11) is 3.12. The minimum Gasteiger partial charge on any atom is -0.507 e. The van der Waals surface area contributed by atoms with Crippen LogP contribution in [0.15, 0.2) is 72.3 Å². The van der Waals surface area contributed by atoms with Crippen LogP contribution in [0.1, 0.15) is 43.4 Å². The molecule has 1 aliphatic heterocycles. The Labute approximate surface area is 236 Å². The number of Topliss-reactive ketones (excluding diaryl/α,β-unsaturated/α-hetero) is 1. The number of thiazole rings is 1. The molecule has 0 spiro atoms. The molecule has 5 rings (SSSR count). The zero-order valence-corrected chi connectivity index (χ0v) is 23.4. The lowest BCUT2D eigenvalue weighted by Crippen LogP contribution is -2.29. The third kappa shape index (κ3) is 5.12. The quantitative estimate of drug-likeness (QED) is 0.103. The largest absolute Gasteiger partial charge is 0.507 e. The second kappa shape index (κ2) is 11.8. The van der Waals surface area contributed by atoms with E-state index in [4.69, 9.17) is 14.2 Å². The number of nitrogens with zero attached hydrogens (tertiary/aromatic N) is 2. The molecule has 40 heavy (non-hydrogen) atoms. The normalized spacial score (nSPS) is 16.5. The van der Waals surface area contributed by atoms with E-state index in [-0.39, 0.29) is 11.3 Å². The van der Waals surface area contributed by atoms with Gasteiger partial charge in [0.2, 0.25) is 0 Å². The van der Waals surface area contributed by atoms with Gasteiger partial charge < -0.3 is 19.3 Å². The number of amides is 1. The zero-order valence-electron chi connectivity index (χ0n) is 22.5. The molecule has 1 unspecified atom stereocenters. The van der Waals surface area contributed by atoms with E-state index in [1.165, 1.54) is 16.2 Å². The predicted octanol–water partition coefficient (Wildman–Crippen LogP) is 6.51. The minimum atomic E-state index is -0.939. The molecular formula is C31H30N2O6S. The molecule has 1 aromatic heterocycles. The lowest BCUT2D eigenvalue weighted by Gasteiger charge is -2.24. The SMILES string of the molecule is CCCCCOc1ccc(C2C(=C(O)c3ccccc3)C(=O)C(=O)N2c2nc3ccc(OC)cc3s2)cc1OC. The minimum absolute atomic E-state index is 0.0216. The molecule has 1 atom stereocenters. The number of rotatable bonds is 10. The highest BCUT2D eigenvalue weighted by atomic mass is 32.1. The van der Waals surface area contributed by atoms with Crippen LogP contribution in [0, 0.1) is 0 Å². The highest BCUT2D eigenvalue weighted by Crippen LogP contribution is 2.46. The van der Waals surface area contributed by atoms with Gasteiger partial charge in [-0.25, -0.2) is 4.98 Å². The van der Waals surface area contributed by atoms with Gasteiger partial charge in [0.25, 0.3) is 5.78 Å². The number of fused-ring (bicyclic) bond motifs is 1. The van der Waals surface area contributed by atoms with Crippen molar-refractivity contribution < 1.29 is 28.9 Å². The number of aromatic nitrogens is 1. The summed E-state index contributed by atoms with van der Waals surface area (Å²) in [4.78, 5) is 33.1. The number of ether oxygens (including phenoxy) is 3. The second-order valence-electron chi connectivity index (χ2n) is 9.33. The molecule has 0 saturated carbocycles. The molecule has 1 fully saturated rings. The van der Waals surface area contributed by atoms with Crippen molar-refractivity contribution in [2.24, 2.45) is 0 Å². The Morgan fingerprint density at radius 1 is 0.975 bits per heavy atom. The van der Waals surface area contributed by atoms with E-state index in [1.54, 1.807) is 68.8 Å². The van der Waals surface area contributed by atoms with E-state index >= 15 is 0 Å². The number of unbranched alkanes of at least 4 members (excludes halogenated alkanes) is 2. The highest BCUT2D eigenvalue weighted by molar-refractivity contribution is 7.22. The van der Waals surface area contributed by atoms with Crippen molar-refractivity contribution in [3.63, 3.8) is 0 Å². The van der Waals surface area contributed by atoms with Crippen LogP contribution >= 0.6 is 11.3 Å². The fourth-order valence-electron chi connectivity index (χ4n) is 4.73. The lowest BCUT2D eigenvalue weighted by atomic mass is 9.95. The van der Waals surface area contributed by atoms with Crippen LogP contribution in [0.3, 0.4) is 0 Å². The Morgan fingerprint density at radius 3 is 2.50 bits per heavy atom. The Hall–Kier alpha value is -4.37. The number of hydrogen-bond donors (Lipinski definition) is 1. The maximum absolute atomic E-state index is 13.6. The van der Waals surface area contributed by atoms with Crippen molar-refractivity contribution in [1.29, 1.82) is 0 Å². The van der Waals surface area contributed by atoms with Gasteiger partial charge in [-0.2, -0.15) is 0 Å². The van der Waals surface area contributed by atoms with Gasteiger partial charge >= 0.3 is 5.91 Å². The van der Waals surface area contributed by atoms with Crippen LogP contribution in [-0.4, -0.2) is 42.6 Å². The molecule has 0 bridgehead atoms. The van der Waals surface area contributed by atoms with Crippen LogP contribution < -0.4 is 19.1 Å². The molecule has 2 heterocycles. The van der Waals surface area contributed by atoms with E-state index in [1.807, 2.05) is 12.1 Å². The number of hydrogen-bond acceptors (Lipinski definition) is 8. The van der Waals surface area contributed by atoms with Gasteiger partial charge in [-0.3, -0.25) is 14.5 Å². The smallest absolute Gasteiger partial charge is 0.301 e. The van der Waals surface area contributed by atoms with Crippen molar-refractivity contribution in [1.82, 2.24) is 4.98 Å². The van der Waals surface area contributed by atoms with E-state index in [2.05, 4.69) is 11.9 Å². The number of aliphatic hydroxyl groups is 1. The van der Waals surface area contributed by atoms with E-state index in [9.17, 15) is 14.7 Å². The summed E-state index contributed by atoms with van der Waals surface area (Å²) >= 11 is 1.27. The first-order chi connectivity index (χ1) is 19.5. The first kappa shape index (κ1) is 27.2. The van der Waals surface area contributed by atoms with E-state index in [0.29, 0.717) is 45.6 Å². The molecular weight excluding hydrogens is 528 g/mol. The molecule has 8 nitrogen and oxygen atoms in total. The summed E-state index contributed by atoms with van der Waals surface area (Å²) in [5.41, 5.74) is 1.65. The molecule has 1 amide bonds. The number of anilines is 1. The number of aliphatic hydroxyl groups excluding tert-OH is 1. The van der Waals surface area contributed by atoms with E-state index in [0.717, 1.165) is 24.0 Å². The fraction of sp³-hybridized carbons (Fsp3) is 0.258. The van der Waals surface area contributed by atoms with Crippen LogP contribution in [0.25, 0.3) is 16.0 Å². The van der Waals surface area contributed by atoms with Crippen molar-refractivity contribution in [2.45, 2.75) is 32.2 Å². The number of ketones is 1. The van der Waals surface area contributed by atoms with Gasteiger partial charge in [0.1, 0.15) is 11.5 Å². The summed E-state index contributed by atoms with van der Waals surface area (Å²) in [6.45, 7) is 2.67. The van der Waals surface area contributed by atoms with Crippen molar-refractivity contribution in [2.75, 3.05) is 25.7 Å². The van der Waals surface area contributed by atoms with Crippen LogP contribution in [-0.2, 0) is 9.59 Å². The molecule has 1 saturated heterocycles. The predicted molar refractivity (Wildman–Crippen MR) is 155 cm³/mol. The maximum atomic E-state index is 13.6. The Balaban J connectivity index is 1.64. The third-order valence-corrected chi connectivity index (χ3v) is 7.81. The molecule has 0 aliphatic carbocycles. The first-order valence-electron chi connectivity index (χ1n) is 13.1. The number of carbonyl (C=O) groups excluding carboxylic acids is 2. The van der Waals surface area contributed by atoms with Crippen molar-refractivity contribution in [3.05, 3.63) is 83.4 Å². The molecule has 1 N–H and O–H groups in total. The molecule has 4 aromatic rings. The number of carbonyl (C=O) groups is 2. The zero-order chi connectivity index (χ0) is 28.2. The van der Waals surface area contributed by atoms with Crippen LogP contribution in [0.2, 0.25) is 0 Å². The first-order valence-corrected chi connectivity index (χ1v) is 13.9. The Morgan fingerprint density at radius 2 is 1.77 bits per heavy atom. The average molecular weight is 559 g/mol. The topological polar surface area (TPSA) is 98.2 Å².